The molecule has 0 aromatic carbocycles. The summed E-state index contributed by atoms with van der Waals surface area (Å²) >= 11 is 0.987. The van der Waals surface area contributed by atoms with Gasteiger partial charge in [-0.3, -0.25) is 9.59 Å². The minimum absolute atomic E-state index is 0.194. The maximum atomic E-state index is 12.0. The molecular weight excluding hydrogens is 280 g/mol. The van der Waals surface area contributed by atoms with E-state index in [0.29, 0.717) is 10.6 Å². The Morgan fingerprint density at radius 1 is 1.35 bits per heavy atom. The fourth-order valence-corrected chi connectivity index (χ4v) is 2.59. The van der Waals surface area contributed by atoms with Crippen LogP contribution in [0, 0.1) is 12.8 Å². The Morgan fingerprint density at radius 2 is 1.95 bits per heavy atom. The molecule has 110 valence electrons. The first-order valence-corrected chi connectivity index (χ1v) is 7.02. The number of nitrogens with one attached hydrogen (secondary N) is 1. The summed E-state index contributed by atoms with van der Waals surface area (Å²) in [5, 5.41) is 2.94. The second-order valence-electron chi connectivity index (χ2n) is 4.49. The molecule has 6 nitrogen and oxygen atoms in total. The van der Waals surface area contributed by atoms with Crippen LogP contribution in [0.4, 0.5) is 5.00 Å². The first-order valence-electron chi connectivity index (χ1n) is 6.20. The molecule has 0 spiro atoms. The predicted molar refractivity (Wildman–Crippen MR) is 77.0 cm³/mol. The molecule has 1 heterocycles. The van der Waals surface area contributed by atoms with Gasteiger partial charge in [0, 0.05) is 5.92 Å². The second kappa shape index (κ2) is 6.51. The molecule has 0 saturated carbocycles. The minimum atomic E-state index is -0.636. The lowest BCUT2D eigenvalue weighted by atomic mass is 10.1. The van der Waals surface area contributed by atoms with E-state index >= 15 is 0 Å². The van der Waals surface area contributed by atoms with Gasteiger partial charge in [0.1, 0.15) is 5.00 Å². The average Bonchev–Trinajstić information content (AvgIpc) is 2.66. The fourth-order valence-electron chi connectivity index (χ4n) is 1.54. The van der Waals surface area contributed by atoms with Crippen LogP contribution >= 0.6 is 11.3 Å². The number of carbonyl (C=O) groups excluding carboxylic acids is 3. The van der Waals surface area contributed by atoms with E-state index in [-0.39, 0.29) is 28.9 Å². The largest absolute Gasteiger partial charge is 0.462 e. The maximum Gasteiger partial charge on any atom is 0.341 e. The van der Waals surface area contributed by atoms with E-state index < -0.39 is 11.9 Å². The van der Waals surface area contributed by atoms with Crippen LogP contribution in [0.5, 0.6) is 0 Å². The first-order chi connectivity index (χ1) is 9.29. The second-order valence-corrected chi connectivity index (χ2v) is 5.51. The van der Waals surface area contributed by atoms with Gasteiger partial charge in [-0.2, -0.15) is 0 Å². The van der Waals surface area contributed by atoms with Gasteiger partial charge in [0.15, 0.2) is 0 Å². The molecule has 0 radical (unpaired) electrons. The highest BCUT2D eigenvalue weighted by molar-refractivity contribution is 7.18. The lowest BCUT2D eigenvalue weighted by Gasteiger charge is -2.08. The molecule has 0 aliphatic heterocycles. The van der Waals surface area contributed by atoms with Gasteiger partial charge in [0.2, 0.25) is 5.91 Å². The van der Waals surface area contributed by atoms with Crippen LogP contribution in [-0.4, -0.2) is 24.4 Å². The summed E-state index contributed by atoms with van der Waals surface area (Å²) in [6.07, 6.45) is 0. The number of carbonyl (C=O) groups is 3. The van der Waals surface area contributed by atoms with Crippen molar-refractivity contribution in [3.63, 3.8) is 0 Å². The molecule has 2 amide bonds. The standard InChI is InChI=1S/C13H18N2O4S/c1-5-19-13(18)8-7(4)9(10(14)16)20-12(8)15-11(17)6(2)3/h6H,5H2,1-4H3,(H2,14,16)(H,15,17). The van der Waals surface area contributed by atoms with E-state index in [9.17, 15) is 14.4 Å². The van der Waals surface area contributed by atoms with Gasteiger partial charge in [0.25, 0.3) is 5.91 Å². The highest BCUT2D eigenvalue weighted by Gasteiger charge is 2.25. The number of esters is 1. The Labute approximate surface area is 121 Å². The zero-order valence-electron chi connectivity index (χ0n) is 11.9. The third-order valence-electron chi connectivity index (χ3n) is 2.61. The molecule has 7 heteroatoms. The Kier molecular flexibility index (Phi) is 5.26. The number of amides is 2. The highest BCUT2D eigenvalue weighted by Crippen LogP contribution is 2.33. The van der Waals surface area contributed by atoms with Gasteiger partial charge < -0.3 is 15.8 Å². The van der Waals surface area contributed by atoms with Crippen LogP contribution < -0.4 is 11.1 Å². The molecule has 3 N–H and O–H groups in total. The number of rotatable bonds is 5. The molecule has 1 rings (SSSR count). The number of hydrogen-bond acceptors (Lipinski definition) is 5. The van der Waals surface area contributed by atoms with Crippen molar-refractivity contribution >= 4 is 34.1 Å². The van der Waals surface area contributed by atoms with Crippen LogP contribution in [0.15, 0.2) is 0 Å². The van der Waals surface area contributed by atoms with E-state index in [1.54, 1.807) is 27.7 Å². The third kappa shape index (κ3) is 3.36. The van der Waals surface area contributed by atoms with E-state index in [4.69, 9.17) is 10.5 Å². The van der Waals surface area contributed by atoms with Crippen molar-refractivity contribution in [2.75, 3.05) is 11.9 Å². The third-order valence-corrected chi connectivity index (χ3v) is 3.83. The number of thiophene rings is 1. The van der Waals surface area contributed by atoms with Crippen LogP contribution in [-0.2, 0) is 9.53 Å². The smallest absolute Gasteiger partial charge is 0.341 e. The normalized spacial score (nSPS) is 10.4. The number of ether oxygens (including phenoxy) is 1. The molecule has 0 bridgehead atoms. The summed E-state index contributed by atoms with van der Waals surface area (Å²) in [7, 11) is 0. The van der Waals surface area contributed by atoms with E-state index in [1.807, 2.05) is 0 Å². The number of nitrogens with two attached hydrogens (primary N) is 1. The Hall–Kier alpha value is -1.89. The molecular formula is C13H18N2O4S. The molecule has 0 unspecified atom stereocenters. The predicted octanol–water partition coefficient (Wildman–Crippen LogP) is 1.93. The van der Waals surface area contributed by atoms with Crippen LogP contribution in [0.1, 0.15) is 46.4 Å². The zero-order chi connectivity index (χ0) is 15.4. The molecule has 0 atom stereocenters. The molecule has 0 aliphatic carbocycles. The van der Waals surface area contributed by atoms with Gasteiger partial charge in [-0.15, -0.1) is 11.3 Å². The molecule has 1 aromatic rings. The van der Waals surface area contributed by atoms with Crippen molar-refractivity contribution < 1.29 is 19.1 Å². The quantitative estimate of drug-likeness (QED) is 0.811. The molecule has 20 heavy (non-hydrogen) atoms. The van der Waals surface area contributed by atoms with Crippen LogP contribution in [0.2, 0.25) is 0 Å². The molecule has 0 fully saturated rings. The Balaban J connectivity index is 3.27. The van der Waals surface area contributed by atoms with Crippen molar-refractivity contribution in [3.05, 3.63) is 16.0 Å². The lowest BCUT2D eigenvalue weighted by molar-refractivity contribution is -0.118. The van der Waals surface area contributed by atoms with E-state index in [1.165, 1.54) is 0 Å². The van der Waals surface area contributed by atoms with Gasteiger partial charge in [-0.1, -0.05) is 13.8 Å². The van der Waals surface area contributed by atoms with Gasteiger partial charge in [-0.05, 0) is 19.4 Å². The summed E-state index contributed by atoms with van der Waals surface area (Å²) in [5.74, 6) is -1.70. The Bertz CT molecular complexity index is 549. The fraction of sp³-hybridized carbons (Fsp3) is 0.462. The SMILES string of the molecule is CCOC(=O)c1c(NC(=O)C(C)C)sc(C(N)=O)c1C. The minimum Gasteiger partial charge on any atom is -0.462 e. The van der Waals surface area contributed by atoms with E-state index in [2.05, 4.69) is 5.32 Å². The monoisotopic (exact) mass is 298 g/mol. The zero-order valence-corrected chi connectivity index (χ0v) is 12.7. The number of hydrogen-bond donors (Lipinski definition) is 2. The summed E-state index contributed by atoms with van der Waals surface area (Å²) in [6, 6.07) is 0. The van der Waals surface area contributed by atoms with E-state index in [0.717, 1.165) is 11.3 Å². The summed E-state index contributed by atoms with van der Waals surface area (Å²) in [5.41, 5.74) is 5.89. The van der Waals surface area contributed by atoms with Gasteiger partial charge in [-0.25, -0.2) is 4.79 Å². The van der Waals surface area contributed by atoms with Crippen molar-refractivity contribution in [1.82, 2.24) is 0 Å². The summed E-state index contributed by atoms with van der Waals surface area (Å²) < 4.78 is 4.95. The lowest BCUT2D eigenvalue weighted by Crippen LogP contribution is -2.19. The molecule has 1 aromatic heterocycles. The van der Waals surface area contributed by atoms with Crippen molar-refractivity contribution in [2.24, 2.45) is 11.7 Å². The van der Waals surface area contributed by atoms with Crippen LogP contribution in [0.25, 0.3) is 0 Å². The molecule has 0 aliphatic rings. The maximum absolute atomic E-state index is 12.0. The molecule has 0 saturated heterocycles. The van der Waals surface area contributed by atoms with Gasteiger partial charge >= 0.3 is 5.97 Å². The number of primary amides is 1. The summed E-state index contributed by atoms with van der Waals surface area (Å²) in [4.78, 5) is 35.3. The van der Waals surface area contributed by atoms with Crippen molar-refractivity contribution in [2.45, 2.75) is 27.7 Å². The van der Waals surface area contributed by atoms with Crippen LogP contribution in [0.3, 0.4) is 0 Å². The average molecular weight is 298 g/mol. The summed E-state index contributed by atoms with van der Waals surface area (Å²) in [6.45, 7) is 6.95. The van der Waals surface area contributed by atoms with Crippen molar-refractivity contribution in [3.8, 4) is 0 Å². The number of anilines is 1. The Morgan fingerprint density at radius 3 is 2.40 bits per heavy atom. The topological polar surface area (TPSA) is 98.5 Å². The first kappa shape index (κ1) is 16.2. The highest BCUT2D eigenvalue weighted by atomic mass is 32.1. The van der Waals surface area contributed by atoms with Gasteiger partial charge in [0.05, 0.1) is 17.0 Å². The van der Waals surface area contributed by atoms with Crippen molar-refractivity contribution in [1.29, 1.82) is 0 Å².